The van der Waals surface area contributed by atoms with Gasteiger partial charge in [0.25, 0.3) is 0 Å². The average molecular weight is 162 g/mol. The van der Waals surface area contributed by atoms with E-state index in [9.17, 15) is 0 Å². The Kier molecular flexibility index (Phi) is 7.36. The first-order valence-electron chi connectivity index (χ1n) is 4.38. The van der Waals surface area contributed by atoms with Crippen molar-refractivity contribution in [2.45, 2.75) is 26.2 Å². The zero-order chi connectivity index (χ0) is 9.23. The third-order valence-corrected chi connectivity index (χ3v) is 1.64. The van der Waals surface area contributed by atoms with E-state index in [1.807, 2.05) is 18.2 Å². The van der Waals surface area contributed by atoms with Crippen LogP contribution in [0.2, 0.25) is 0 Å². The lowest BCUT2D eigenvalue weighted by Gasteiger charge is -1.91. The molecule has 0 aromatic carbocycles. The molecule has 0 spiro atoms. The summed E-state index contributed by atoms with van der Waals surface area (Å²) in [7, 11) is 0. The van der Waals surface area contributed by atoms with Gasteiger partial charge in [-0.05, 0) is 26.2 Å². The van der Waals surface area contributed by atoms with Gasteiger partial charge in [0, 0.05) is 0 Å². The topological polar surface area (TPSA) is 0 Å². The third kappa shape index (κ3) is 7.07. The van der Waals surface area contributed by atoms with Gasteiger partial charge < -0.3 is 0 Å². The van der Waals surface area contributed by atoms with E-state index in [2.05, 4.69) is 32.2 Å². The minimum Gasteiger partial charge on any atom is -0.0991 e. The van der Waals surface area contributed by atoms with E-state index in [1.54, 1.807) is 0 Å². The molecule has 0 rings (SSSR count). The Morgan fingerprint density at radius 3 is 2.58 bits per heavy atom. The molecule has 0 N–H and O–H groups in total. The lowest BCUT2D eigenvalue weighted by Crippen LogP contribution is -1.71. The lowest BCUT2D eigenvalue weighted by atomic mass is 10.1. The Morgan fingerprint density at radius 1 is 1.25 bits per heavy atom. The van der Waals surface area contributed by atoms with E-state index in [4.69, 9.17) is 0 Å². The van der Waals surface area contributed by atoms with E-state index in [0.717, 1.165) is 12.8 Å². The fraction of sp³-hybridized carbons (Fsp3) is 0.333. The largest absolute Gasteiger partial charge is 0.0991 e. The second-order valence-corrected chi connectivity index (χ2v) is 2.75. The molecule has 0 aliphatic carbocycles. The molecule has 0 saturated carbocycles. The highest BCUT2D eigenvalue weighted by Gasteiger charge is 1.82. The first-order chi connectivity index (χ1) is 5.81. The molecule has 0 heteroatoms. The van der Waals surface area contributed by atoms with Crippen molar-refractivity contribution in [3.8, 4) is 0 Å². The molecule has 0 unspecified atom stereocenters. The lowest BCUT2D eigenvalue weighted by molar-refractivity contribution is 0.864. The smallest absolute Gasteiger partial charge is 0.0342 e. The van der Waals surface area contributed by atoms with Crippen LogP contribution in [-0.4, -0.2) is 0 Å². The first-order valence-corrected chi connectivity index (χ1v) is 4.38. The van der Waals surface area contributed by atoms with E-state index in [1.165, 1.54) is 12.0 Å². The van der Waals surface area contributed by atoms with Crippen LogP contribution in [-0.2, 0) is 0 Å². The van der Waals surface area contributed by atoms with Gasteiger partial charge in [-0.3, -0.25) is 0 Å². The van der Waals surface area contributed by atoms with Gasteiger partial charge in [0.05, 0.1) is 0 Å². The van der Waals surface area contributed by atoms with Crippen LogP contribution in [0.25, 0.3) is 0 Å². The Bertz CT molecular complexity index is 182. The summed E-state index contributed by atoms with van der Waals surface area (Å²) in [6.45, 7) is 9.38. The van der Waals surface area contributed by atoms with Gasteiger partial charge in [-0.2, -0.15) is 0 Å². The summed E-state index contributed by atoms with van der Waals surface area (Å²) in [5.41, 5.74) is 1.27. The average Bonchev–Trinajstić information content (AvgIpc) is 2.10. The van der Waals surface area contributed by atoms with Gasteiger partial charge in [0.1, 0.15) is 0 Å². The second kappa shape index (κ2) is 8.06. The van der Waals surface area contributed by atoms with Crippen LogP contribution < -0.4 is 0 Å². The van der Waals surface area contributed by atoms with Crippen LogP contribution >= 0.6 is 0 Å². The molecular weight excluding hydrogens is 144 g/mol. The third-order valence-electron chi connectivity index (χ3n) is 1.64. The summed E-state index contributed by atoms with van der Waals surface area (Å²) in [6, 6.07) is 0. The van der Waals surface area contributed by atoms with Crippen LogP contribution in [0.15, 0.2) is 49.1 Å². The molecule has 0 nitrogen and oxygen atoms in total. The fourth-order valence-corrected chi connectivity index (χ4v) is 0.841. The maximum Gasteiger partial charge on any atom is -0.0342 e. The first kappa shape index (κ1) is 11.0. The predicted molar refractivity (Wildman–Crippen MR) is 57.1 cm³/mol. The Hall–Kier alpha value is -1.04. The van der Waals surface area contributed by atoms with Gasteiger partial charge >= 0.3 is 0 Å². The van der Waals surface area contributed by atoms with E-state index in [-0.39, 0.29) is 0 Å². The molecule has 0 amide bonds. The number of rotatable bonds is 6. The highest BCUT2D eigenvalue weighted by atomic mass is 13.9. The highest BCUT2D eigenvalue weighted by Crippen LogP contribution is 2.02. The molecule has 0 aliphatic rings. The second-order valence-electron chi connectivity index (χ2n) is 2.75. The van der Waals surface area contributed by atoms with Gasteiger partial charge in [-0.25, -0.2) is 0 Å². The molecule has 0 atom stereocenters. The Morgan fingerprint density at radius 2 is 2.00 bits per heavy atom. The fourth-order valence-electron chi connectivity index (χ4n) is 0.841. The summed E-state index contributed by atoms with van der Waals surface area (Å²) >= 11 is 0. The van der Waals surface area contributed by atoms with Crippen molar-refractivity contribution in [1.29, 1.82) is 0 Å². The Labute approximate surface area is 76.0 Å². The Balaban J connectivity index is 3.38. The van der Waals surface area contributed by atoms with Crippen LogP contribution in [0.3, 0.4) is 0 Å². The summed E-state index contributed by atoms with van der Waals surface area (Å²) in [4.78, 5) is 0. The molecule has 0 bridgehead atoms. The van der Waals surface area contributed by atoms with E-state index < -0.39 is 0 Å². The molecule has 0 radical (unpaired) electrons. The standard InChI is InChI=1S/C12H18/c1-4-6-7-8-9-10-11-12(3)5-2/h4-7,11H,1-2,8-10H2,3H3/b7-6+,12-11+. The summed E-state index contributed by atoms with van der Waals surface area (Å²) in [6.07, 6.45) is 13.5. The van der Waals surface area contributed by atoms with E-state index >= 15 is 0 Å². The quantitative estimate of drug-likeness (QED) is 0.408. The van der Waals surface area contributed by atoms with Crippen LogP contribution in [0.4, 0.5) is 0 Å². The van der Waals surface area contributed by atoms with Crippen molar-refractivity contribution in [2.24, 2.45) is 0 Å². The maximum absolute atomic E-state index is 3.69. The molecular formula is C12H18. The zero-order valence-electron chi connectivity index (χ0n) is 7.92. The molecule has 12 heavy (non-hydrogen) atoms. The van der Waals surface area contributed by atoms with Crippen LogP contribution in [0.5, 0.6) is 0 Å². The molecule has 0 heterocycles. The summed E-state index contributed by atoms with van der Waals surface area (Å²) in [5, 5.41) is 0. The molecule has 0 aliphatic heterocycles. The maximum atomic E-state index is 3.69. The number of hydrogen-bond donors (Lipinski definition) is 0. The van der Waals surface area contributed by atoms with Crippen molar-refractivity contribution in [1.82, 2.24) is 0 Å². The zero-order valence-corrected chi connectivity index (χ0v) is 7.92. The minimum absolute atomic E-state index is 1.13. The molecule has 0 saturated heterocycles. The van der Waals surface area contributed by atoms with Gasteiger partial charge in [-0.1, -0.05) is 49.1 Å². The normalized spacial score (nSPS) is 11.9. The van der Waals surface area contributed by atoms with Gasteiger partial charge in [-0.15, -0.1) is 0 Å². The predicted octanol–water partition coefficient (Wildman–Crippen LogP) is 4.03. The molecule has 0 aromatic rings. The van der Waals surface area contributed by atoms with Crippen molar-refractivity contribution in [3.63, 3.8) is 0 Å². The van der Waals surface area contributed by atoms with Crippen LogP contribution in [0.1, 0.15) is 26.2 Å². The number of hydrogen-bond acceptors (Lipinski definition) is 0. The van der Waals surface area contributed by atoms with E-state index in [0.29, 0.717) is 0 Å². The molecule has 66 valence electrons. The number of unbranched alkanes of at least 4 members (excludes halogenated alkanes) is 2. The van der Waals surface area contributed by atoms with Crippen LogP contribution in [0, 0.1) is 0 Å². The summed E-state index contributed by atoms with van der Waals surface area (Å²) < 4.78 is 0. The van der Waals surface area contributed by atoms with Crippen molar-refractivity contribution < 1.29 is 0 Å². The molecule has 0 fully saturated rings. The number of allylic oxidation sites excluding steroid dienone is 6. The van der Waals surface area contributed by atoms with Crippen molar-refractivity contribution >= 4 is 0 Å². The van der Waals surface area contributed by atoms with Gasteiger partial charge in [0.15, 0.2) is 0 Å². The van der Waals surface area contributed by atoms with Gasteiger partial charge in [0.2, 0.25) is 0 Å². The molecule has 0 aromatic heterocycles. The SMILES string of the molecule is C=C/C=C/CCC/C=C(\C)C=C. The summed E-state index contributed by atoms with van der Waals surface area (Å²) in [5.74, 6) is 0. The van der Waals surface area contributed by atoms with Crippen molar-refractivity contribution in [3.05, 3.63) is 49.1 Å². The van der Waals surface area contributed by atoms with Crippen molar-refractivity contribution in [2.75, 3.05) is 0 Å². The minimum atomic E-state index is 1.13. The monoisotopic (exact) mass is 162 g/mol. The highest BCUT2D eigenvalue weighted by molar-refractivity contribution is 5.12.